The lowest BCUT2D eigenvalue weighted by Gasteiger charge is -2.32. The van der Waals surface area contributed by atoms with Gasteiger partial charge in [-0.2, -0.15) is 5.26 Å². The third-order valence-electron chi connectivity index (χ3n) is 7.11. The number of esters is 1. The quantitative estimate of drug-likeness (QED) is 0.156. The fourth-order valence-corrected chi connectivity index (χ4v) is 5.08. The van der Waals surface area contributed by atoms with E-state index in [0.717, 1.165) is 30.9 Å². The molecule has 0 aromatic heterocycles. The fraction of sp³-hybridized carbons (Fsp3) is 0.500. The molecule has 1 unspecified atom stereocenters. The van der Waals surface area contributed by atoms with E-state index in [1.165, 1.54) is 44.6 Å². The van der Waals surface area contributed by atoms with Gasteiger partial charge in [0.1, 0.15) is 46.2 Å². The number of nitriles is 1. The van der Waals surface area contributed by atoms with Crippen LogP contribution in [0.3, 0.4) is 0 Å². The number of unbranched alkanes of at least 4 members (excludes halogenated alkanes) is 2. The van der Waals surface area contributed by atoms with Crippen LogP contribution >= 0.6 is 0 Å². The molecule has 1 atom stereocenters. The normalized spacial score (nSPS) is 18.7. The third kappa shape index (κ3) is 6.84. The Balaban J connectivity index is 1.62. The Bertz CT molecular complexity index is 1040. The van der Waals surface area contributed by atoms with Gasteiger partial charge < -0.3 is 4.74 Å². The van der Waals surface area contributed by atoms with Gasteiger partial charge in [0.25, 0.3) is 0 Å². The zero-order valence-electron chi connectivity index (χ0n) is 20.2. The van der Waals surface area contributed by atoms with Gasteiger partial charge in [-0.1, -0.05) is 52.4 Å². The Labute approximate surface area is 204 Å². The van der Waals surface area contributed by atoms with E-state index in [1.54, 1.807) is 0 Å². The molecule has 2 aromatic rings. The molecule has 35 heavy (non-hydrogen) atoms. The Kier molecular flexibility index (Phi) is 9.31. The van der Waals surface area contributed by atoms with E-state index >= 15 is 0 Å². The first-order valence-corrected chi connectivity index (χ1v) is 12.3. The Morgan fingerprint density at radius 1 is 1.00 bits per heavy atom. The fourth-order valence-electron chi connectivity index (χ4n) is 5.08. The minimum atomic E-state index is -1.41. The molecule has 188 valence electrons. The summed E-state index contributed by atoms with van der Waals surface area (Å²) in [5.74, 6) is -5.15. The van der Waals surface area contributed by atoms with Gasteiger partial charge in [-0.3, -0.25) is 0 Å². The summed E-state index contributed by atoms with van der Waals surface area (Å²) in [4.78, 5) is 12.3. The molecule has 1 fully saturated rings. The van der Waals surface area contributed by atoms with Crippen LogP contribution in [0.5, 0.6) is 5.75 Å². The SMILES string of the molecule is CCCCCC1CCC(C(C)Cc2cc(F)c(C(=O)Oc3cc(F)c(C#N)c(F)c3)c(F)c2)CC1. The minimum absolute atomic E-state index is 0.243. The van der Waals surface area contributed by atoms with Crippen LogP contribution in [0.2, 0.25) is 0 Å². The summed E-state index contributed by atoms with van der Waals surface area (Å²) in [6.45, 7) is 4.30. The smallest absolute Gasteiger partial charge is 0.349 e. The van der Waals surface area contributed by atoms with Gasteiger partial charge in [-0.15, -0.1) is 0 Å². The van der Waals surface area contributed by atoms with Gasteiger partial charge in [0, 0.05) is 12.1 Å². The number of hydrogen-bond acceptors (Lipinski definition) is 3. The zero-order valence-corrected chi connectivity index (χ0v) is 20.2. The maximum absolute atomic E-state index is 14.7. The van der Waals surface area contributed by atoms with Crippen molar-refractivity contribution in [3.8, 4) is 11.8 Å². The van der Waals surface area contributed by atoms with E-state index in [9.17, 15) is 22.4 Å². The number of carbonyl (C=O) groups is 1. The number of hydrogen-bond donors (Lipinski definition) is 0. The van der Waals surface area contributed by atoms with Crippen LogP contribution in [0.15, 0.2) is 24.3 Å². The zero-order chi connectivity index (χ0) is 25.5. The summed E-state index contributed by atoms with van der Waals surface area (Å²) in [5.41, 5.74) is -1.32. The molecule has 0 bridgehead atoms. The Morgan fingerprint density at radius 2 is 1.60 bits per heavy atom. The lowest BCUT2D eigenvalue weighted by atomic mass is 9.73. The lowest BCUT2D eigenvalue weighted by molar-refractivity contribution is 0.0723. The molecule has 1 saturated carbocycles. The van der Waals surface area contributed by atoms with Crippen molar-refractivity contribution in [1.29, 1.82) is 5.26 Å². The summed E-state index contributed by atoms with van der Waals surface area (Å²) in [5, 5.41) is 8.71. The average Bonchev–Trinajstić information content (AvgIpc) is 2.79. The molecule has 2 aromatic carbocycles. The highest BCUT2D eigenvalue weighted by atomic mass is 19.1. The molecule has 0 aliphatic heterocycles. The van der Waals surface area contributed by atoms with Crippen molar-refractivity contribution in [3.63, 3.8) is 0 Å². The van der Waals surface area contributed by atoms with Gasteiger partial charge in [-0.05, 0) is 54.7 Å². The summed E-state index contributed by atoms with van der Waals surface area (Å²) in [6.07, 6.45) is 10.2. The van der Waals surface area contributed by atoms with Crippen molar-refractivity contribution in [3.05, 3.63) is 64.2 Å². The molecule has 0 spiro atoms. The summed E-state index contributed by atoms with van der Waals surface area (Å²) >= 11 is 0. The van der Waals surface area contributed by atoms with E-state index in [4.69, 9.17) is 10.00 Å². The minimum Gasteiger partial charge on any atom is -0.423 e. The van der Waals surface area contributed by atoms with Gasteiger partial charge in [0.05, 0.1) is 0 Å². The van der Waals surface area contributed by atoms with Crippen molar-refractivity contribution in [2.45, 2.75) is 71.6 Å². The lowest BCUT2D eigenvalue weighted by Crippen LogP contribution is -2.22. The molecule has 1 aliphatic carbocycles. The van der Waals surface area contributed by atoms with Crippen LogP contribution < -0.4 is 4.74 Å². The predicted molar refractivity (Wildman–Crippen MR) is 125 cm³/mol. The summed E-state index contributed by atoms with van der Waals surface area (Å²) < 4.78 is 61.7. The van der Waals surface area contributed by atoms with E-state index in [1.807, 2.05) is 0 Å². The highest BCUT2D eigenvalue weighted by Crippen LogP contribution is 2.37. The van der Waals surface area contributed by atoms with E-state index in [-0.39, 0.29) is 5.92 Å². The van der Waals surface area contributed by atoms with E-state index in [2.05, 4.69) is 13.8 Å². The second kappa shape index (κ2) is 12.2. The van der Waals surface area contributed by atoms with E-state index in [0.29, 0.717) is 30.0 Å². The number of rotatable bonds is 9. The number of benzene rings is 2. The number of carbonyl (C=O) groups excluding carboxylic acids is 1. The molecule has 0 heterocycles. The van der Waals surface area contributed by atoms with Crippen LogP contribution in [0.25, 0.3) is 0 Å². The Morgan fingerprint density at radius 3 is 2.14 bits per heavy atom. The van der Waals surface area contributed by atoms with Crippen molar-refractivity contribution in [2.24, 2.45) is 17.8 Å². The Hall–Kier alpha value is -2.88. The third-order valence-corrected chi connectivity index (χ3v) is 7.11. The first-order valence-electron chi connectivity index (χ1n) is 12.3. The van der Waals surface area contributed by atoms with Crippen LogP contribution in [0, 0.1) is 52.4 Å². The molecule has 0 saturated heterocycles. The van der Waals surface area contributed by atoms with Crippen LogP contribution in [-0.2, 0) is 6.42 Å². The maximum atomic E-state index is 14.7. The van der Waals surface area contributed by atoms with Gasteiger partial charge >= 0.3 is 5.97 Å². The van der Waals surface area contributed by atoms with Crippen LogP contribution in [-0.4, -0.2) is 5.97 Å². The van der Waals surface area contributed by atoms with Crippen LogP contribution in [0.1, 0.15) is 86.7 Å². The molecule has 7 heteroatoms. The van der Waals surface area contributed by atoms with Crippen molar-refractivity contribution >= 4 is 5.97 Å². The van der Waals surface area contributed by atoms with Gasteiger partial charge in [0.15, 0.2) is 0 Å². The van der Waals surface area contributed by atoms with Gasteiger partial charge in [0.2, 0.25) is 0 Å². The average molecular weight is 490 g/mol. The number of nitrogens with zero attached hydrogens (tertiary/aromatic N) is 1. The second-order valence-corrected chi connectivity index (χ2v) is 9.66. The summed E-state index contributed by atoms with van der Waals surface area (Å²) in [7, 11) is 0. The topological polar surface area (TPSA) is 50.1 Å². The number of ether oxygens (including phenoxy) is 1. The molecule has 3 nitrogen and oxygen atoms in total. The monoisotopic (exact) mass is 489 g/mol. The largest absolute Gasteiger partial charge is 0.423 e. The molecule has 0 radical (unpaired) electrons. The molecule has 0 N–H and O–H groups in total. The van der Waals surface area contributed by atoms with Crippen LogP contribution in [0.4, 0.5) is 17.6 Å². The van der Waals surface area contributed by atoms with E-state index < -0.39 is 46.1 Å². The summed E-state index contributed by atoms with van der Waals surface area (Å²) in [6, 6.07) is 4.81. The molecule has 0 amide bonds. The molecule has 3 rings (SSSR count). The molecule has 1 aliphatic rings. The predicted octanol–water partition coefficient (Wildman–Crippen LogP) is 7.90. The van der Waals surface area contributed by atoms with Crippen molar-refractivity contribution < 1.29 is 27.1 Å². The van der Waals surface area contributed by atoms with Crippen molar-refractivity contribution in [2.75, 3.05) is 0 Å². The first-order chi connectivity index (χ1) is 16.7. The van der Waals surface area contributed by atoms with Gasteiger partial charge in [-0.25, -0.2) is 22.4 Å². The first kappa shape index (κ1) is 26.7. The highest BCUT2D eigenvalue weighted by Gasteiger charge is 2.27. The molecular formula is C28H31F4NO2. The number of halogens is 4. The highest BCUT2D eigenvalue weighted by molar-refractivity contribution is 5.91. The standard InChI is InChI=1S/C28H31F4NO2/c1-3-4-5-6-18-7-9-20(10-8-18)17(2)11-19-12-25(31)27(26(32)13-19)28(34)35-21-14-23(29)22(16-33)24(30)15-21/h12-15,17-18,20H,3-11H2,1-2H3. The van der Waals surface area contributed by atoms with Crippen molar-refractivity contribution in [1.82, 2.24) is 0 Å². The maximum Gasteiger partial charge on any atom is 0.349 e. The molecular weight excluding hydrogens is 458 g/mol. The second-order valence-electron chi connectivity index (χ2n) is 9.66.